The third-order valence-electron chi connectivity index (χ3n) is 4.34. The van der Waals surface area contributed by atoms with Crippen LogP contribution in [0.4, 0.5) is 11.4 Å². The molecule has 1 N–H and O–H groups in total. The third kappa shape index (κ3) is 4.35. The number of anilines is 2. The van der Waals surface area contributed by atoms with E-state index in [-0.39, 0.29) is 12.3 Å². The van der Waals surface area contributed by atoms with Crippen molar-refractivity contribution in [3.8, 4) is 11.4 Å². The van der Waals surface area contributed by atoms with E-state index in [0.29, 0.717) is 31.3 Å². The molecular weight excluding hydrogens is 364 g/mol. The van der Waals surface area contributed by atoms with Gasteiger partial charge in [-0.1, -0.05) is 17.3 Å². The number of carbonyl (C=O) groups excluding carboxylic acids is 1. The highest BCUT2D eigenvalue weighted by atomic mass is 32.1. The Kier molecular flexibility index (Phi) is 5.45. The van der Waals surface area contributed by atoms with Crippen molar-refractivity contribution < 1.29 is 14.1 Å². The Morgan fingerprint density at radius 2 is 2.07 bits per heavy atom. The van der Waals surface area contributed by atoms with Gasteiger partial charge in [-0.05, 0) is 23.6 Å². The molecule has 2 aromatic heterocycles. The molecule has 1 fully saturated rings. The number of benzene rings is 1. The molecule has 0 aliphatic carbocycles. The maximum absolute atomic E-state index is 12.4. The van der Waals surface area contributed by atoms with Crippen molar-refractivity contribution >= 4 is 28.6 Å². The van der Waals surface area contributed by atoms with Crippen LogP contribution in [0.15, 0.2) is 45.6 Å². The van der Waals surface area contributed by atoms with Crippen LogP contribution in [0.2, 0.25) is 0 Å². The van der Waals surface area contributed by atoms with Crippen LogP contribution in [0.25, 0.3) is 11.4 Å². The second kappa shape index (κ2) is 8.32. The Labute approximate surface area is 161 Å². The molecule has 1 saturated heterocycles. The standard InChI is InChI=1S/C19H20N4O3S/c24-17(5-6-18-21-19(22-26-18)14-7-12-27-13-14)20-15-3-1-2-4-16(15)23-8-10-25-11-9-23/h1-4,7,12-13H,5-6,8-11H2,(H,20,24). The van der Waals surface area contributed by atoms with Crippen molar-refractivity contribution in [3.63, 3.8) is 0 Å². The molecule has 0 saturated carbocycles. The third-order valence-corrected chi connectivity index (χ3v) is 5.03. The molecule has 1 aliphatic heterocycles. The summed E-state index contributed by atoms with van der Waals surface area (Å²) in [6, 6.07) is 9.78. The first-order valence-corrected chi connectivity index (χ1v) is 9.80. The van der Waals surface area contributed by atoms with Gasteiger partial charge in [-0.25, -0.2) is 0 Å². The van der Waals surface area contributed by atoms with Crippen LogP contribution in [0.3, 0.4) is 0 Å². The van der Waals surface area contributed by atoms with Gasteiger partial charge in [-0.15, -0.1) is 0 Å². The van der Waals surface area contributed by atoms with Gasteiger partial charge in [-0.2, -0.15) is 16.3 Å². The first kappa shape index (κ1) is 17.7. The molecule has 0 atom stereocenters. The number of hydrogen-bond donors (Lipinski definition) is 1. The minimum Gasteiger partial charge on any atom is -0.378 e. The highest BCUT2D eigenvalue weighted by Gasteiger charge is 2.16. The van der Waals surface area contributed by atoms with E-state index in [9.17, 15) is 4.79 Å². The van der Waals surface area contributed by atoms with Crippen LogP contribution in [0.1, 0.15) is 12.3 Å². The van der Waals surface area contributed by atoms with Crippen LogP contribution < -0.4 is 10.2 Å². The zero-order chi connectivity index (χ0) is 18.5. The van der Waals surface area contributed by atoms with Gasteiger partial charge in [0.1, 0.15) is 0 Å². The van der Waals surface area contributed by atoms with Gasteiger partial charge >= 0.3 is 0 Å². The Balaban J connectivity index is 1.36. The quantitative estimate of drug-likeness (QED) is 0.703. The number of aromatic nitrogens is 2. The molecule has 3 heterocycles. The monoisotopic (exact) mass is 384 g/mol. The summed E-state index contributed by atoms with van der Waals surface area (Å²) in [5.41, 5.74) is 2.76. The summed E-state index contributed by atoms with van der Waals surface area (Å²) in [5.74, 6) is 0.947. The van der Waals surface area contributed by atoms with Crippen LogP contribution >= 0.6 is 11.3 Å². The maximum atomic E-state index is 12.4. The summed E-state index contributed by atoms with van der Waals surface area (Å²) in [7, 11) is 0. The summed E-state index contributed by atoms with van der Waals surface area (Å²) in [6.45, 7) is 3.04. The van der Waals surface area contributed by atoms with Gasteiger partial charge in [0.15, 0.2) is 0 Å². The number of carbonyl (C=O) groups is 1. The second-order valence-corrected chi connectivity index (χ2v) is 6.97. The van der Waals surface area contributed by atoms with Crippen molar-refractivity contribution in [1.29, 1.82) is 0 Å². The first-order valence-electron chi connectivity index (χ1n) is 8.86. The van der Waals surface area contributed by atoms with E-state index in [1.54, 1.807) is 11.3 Å². The second-order valence-electron chi connectivity index (χ2n) is 6.19. The van der Waals surface area contributed by atoms with Crippen LogP contribution in [-0.4, -0.2) is 42.4 Å². The lowest BCUT2D eigenvalue weighted by atomic mass is 10.2. The number of morpholine rings is 1. The lowest BCUT2D eigenvalue weighted by Gasteiger charge is -2.30. The number of rotatable bonds is 6. The fourth-order valence-corrected chi connectivity index (χ4v) is 3.59. The van der Waals surface area contributed by atoms with Crippen molar-refractivity contribution in [2.45, 2.75) is 12.8 Å². The topological polar surface area (TPSA) is 80.5 Å². The lowest BCUT2D eigenvalue weighted by Crippen LogP contribution is -2.36. The van der Waals surface area contributed by atoms with Gasteiger partial charge in [-0.3, -0.25) is 4.79 Å². The number of ether oxygens (including phenoxy) is 1. The largest absolute Gasteiger partial charge is 0.378 e. The summed E-state index contributed by atoms with van der Waals surface area (Å²) in [4.78, 5) is 19.0. The van der Waals surface area contributed by atoms with E-state index in [1.165, 1.54) is 0 Å². The van der Waals surface area contributed by atoms with Crippen molar-refractivity contribution in [1.82, 2.24) is 10.1 Å². The average Bonchev–Trinajstić information content (AvgIpc) is 3.39. The van der Waals surface area contributed by atoms with Crippen LogP contribution in [0.5, 0.6) is 0 Å². The number of amides is 1. The van der Waals surface area contributed by atoms with Crippen LogP contribution in [0, 0.1) is 0 Å². The maximum Gasteiger partial charge on any atom is 0.227 e. The molecule has 8 heteroatoms. The molecule has 140 valence electrons. The predicted molar refractivity (Wildman–Crippen MR) is 104 cm³/mol. The van der Waals surface area contributed by atoms with E-state index in [0.717, 1.165) is 30.0 Å². The Morgan fingerprint density at radius 3 is 2.89 bits per heavy atom. The number of aryl methyl sites for hydroxylation is 1. The molecule has 0 bridgehead atoms. The van der Waals surface area contributed by atoms with E-state index in [1.807, 2.05) is 41.1 Å². The molecule has 7 nitrogen and oxygen atoms in total. The summed E-state index contributed by atoms with van der Waals surface area (Å²) >= 11 is 1.58. The predicted octanol–water partition coefficient (Wildman–Crippen LogP) is 3.21. The highest BCUT2D eigenvalue weighted by Crippen LogP contribution is 2.26. The normalized spacial score (nSPS) is 14.3. The number of thiophene rings is 1. The zero-order valence-electron chi connectivity index (χ0n) is 14.8. The zero-order valence-corrected chi connectivity index (χ0v) is 15.6. The highest BCUT2D eigenvalue weighted by molar-refractivity contribution is 7.08. The summed E-state index contributed by atoms with van der Waals surface area (Å²) in [6.07, 6.45) is 0.686. The number of nitrogens with zero attached hydrogens (tertiary/aromatic N) is 3. The summed E-state index contributed by atoms with van der Waals surface area (Å²) in [5, 5.41) is 10.9. The number of para-hydroxylation sites is 2. The van der Waals surface area contributed by atoms with E-state index in [2.05, 4.69) is 20.4 Å². The summed E-state index contributed by atoms with van der Waals surface area (Å²) < 4.78 is 10.7. The Morgan fingerprint density at radius 1 is 1.22 bits per heavy atom. The Bertz CT molecular complexity index is 888. The fraction of sp³-hybridized carbons (Fsp3) is 0.316. The smallest absolute Gasteiger partial charge is 0.227 e. The van der Waals surface area contributed by atoms with E-state index in [4.69, 9.17) is 9.26 Å². The molecule has 3 aromatic rings. The molecule has 27 heavy (non-hydrogen) atoms. The minimum atomic E-state index is -0.0778. The van der Waals surface area contributed by atoms with E-state index < -0.39 is 0 Å². The van der Waals surface area contributed by atoms with Gasteiger partial charge in [0.05, 0.1) is 24.6 Å². The molecule has 0 radical (unpaired) electrons. The van der Waals surface area contributed by atoms with Gasteiger partial charge < -0.3 is 19.5 Å². The first-order chi connectivity index (χ1) is 13.3. The molecule has 1 aliphatic rings. The van der Waals surface area contributed by atoms with Crippen LogP contribution in [-0.2, 0) is 16.0 Å². The molecular formula is C19H20N4O3S. The minimum absolute atomic E-state index is 0.0778. The molecule has 0 unspecified atom stereocenters. The van der Waals surface area contributed by atoms with Crippen molar-refractivity contribution in [3.05, 3.63) is 47.0 Å². The molecule has 4 rings (SSSR count). The van der Waals surface area contributed by atoms with Crippen molar-refractivity contribution in [2.75, 3.05) is 36.5 Å². The molecule has 0 spiro atoms. The lowest BCUT2D eigenvalue weighted by molar-refractivity contribution is -0.116. The number of nitrogens with one attached hydrogen (secondary N) is 1. The van der Waals surface area contributed by atoms with Gasteiger partial charge in [0.25, 0.3) is 0 Å². The van der Waals surface area contributed by atoms with Gasteiger partial charge in [0, 0.05) is 36.9 Å². The SMILES string of the molecule is O=C(CCc1nc(-c2ccsc2)no1)Nc1ccccc1N1CCOCC1. The fourth-order valence-electron chi connectivity index (χ4n) is 2.96. The number of hydrogen-bond acceptors (Lipinski definition) is 7. The molecule has 1 aromatic carbocycles. The molecule has 1 amide bonds. The average molecular weight is 384 g/mol. The Hall–Kier alpha value is -2.71. The van der Waals surface area contributed by atoms with Crippen molar-refractivity contribution in [2.24, 2.45) is 0 Å². The van der Waals surface area contributed by atoms with E-state index >= 15 is 0 Å². The van der Waals surface area contributed by atoms with Gasteiger partial charge in [0.2, 0.25) is 17.6 Å².